The molecule has 6 heteroatoms. The minimum Gasteiger partial charge on any atom is -0.311 e. The highest BCUT2D eigenvalue weighted by Crippen LogP contribution is 2.38. The monoisotopic (exact) mass is 291 g/mol. The zero-order chi connectivity index (χ0) is 15.2. The van der Waals surface area contributed by atoms with Crippen LogP contribution in [0.4, 0.5) is 9.28 Å². The lowest BCUT2D eigenvalue weighted by Gasteiger charge is -2.26. The zero-order valence-electron chi connectivity index (χ0n) is 12.1. The smallest absolute Gasteiger partial charge is 0.311 e. The molecular weight excluding hydrogens is 273 g/mol. The molecule has 1 aromatic carbocycles. The molecule has 0 aromatic heterocycles. The van der Waals surface area contributed by atoms with Crippen LogP contribution in [-0.2, 0) is 11.3 Å². The number of benzene rings is 1. The molecule has 0 bridgehead atoms. The summed E-state index contributed by atoms with van der Waals surface area (Å²) in [5, 5.41) is 0.647. The largest absolute Gasteiger partial charge is 0.327 e. The van der Waals surface area contributed by atoms with Crippen LogP contribution in [0.2, 0.25) is 0 Å². The number of hydrogen-bond acceptors (Lipinski definition) is 3. The number of amides is 3. The number of hydrogen-bond donors (Lipinski definition) is 0. The number of urea groups is 1. The summed E-state index contributed by atoms with van der Waals surface area (Å²) >= 11 is 0. The molecule has 1 spiro atoms. The molecule has 2 aliphatic rings. The molecule has 21 heavy (non-hydrogen) atoms. The molecule has 1 unspecified atom stereocenters. The minimum atomic E-state index is -1.06. The Morgan fingerprint density at radius 1 is 1.29 bits per heavy atom. The summed E-state index contributed by atoms with van der Waals surface area (Å²) in [7, 11) is 1.58. The van der Waals surface area contributed by atoms with Gasteiger partial charge in [0.25, 0.3) is 5.91 Å². The Balaban J connectivity index is 1.88. The van der Waals surface area contributed by atoms with Crippen molar-refractivity contribution in [3.8, 4) is 0 Å². The minimum absolute atomic E-state index is 0.0550. The molecule has 3 rings (SSSR count). The van der Waals surface area contributed by atoms with Crippen LogP contribution in [0.15, 0.2) is 30.3 Å². The summed E-state index contributed by atoms with van der Waals surface area (Å²) in [6.07, 6.45) is 0.329. The predicted octanol–water partition coefficient (Wildman–Crippen LogP) is 1.80. The van der Waals surface area contributed by atoms with Gasteiger partial charge >= 0.3 is 6.03 Å². The van der Waals surface area contributed by atoms with E-state index in [1.807, 2.05) is 30.3 Å². The Morgan fingerprint density at radius 2 is 1.95 bits per heavy atom. The molecular formula is C15H18FN3O2. The highest BCUT2D eigenvalue weighted by Gasteiger charge is 2.60. The average molecular weight is 291 g/mol. The fraction of sp³-hybridized carbons (Fsp3) is 0.467. The molecule has 2 heterocycles. The molecule has 3 amide bonds. The maximum Gasteiger partial charge on any atom is 0.327 e. The first-order valence-electron chi connectivity index (χ1n) is 7.02. The van der Waals surface area contributed by atoms with Crippen molar-refractivity contribution in [2.45, 2.75) is 31.5 Å². The van der Waals surface area contributed by atoms with Gasteiger partial charge < -0.3 is 4.90 Å². The number of nitrogens with zero attached hydrogens (tertiary/aromatic N) is 3. The van der Waals surface area contributed by atoms with E-state index in [-0.39, 0.29) is 31.1 Å². The highest BCUT2D eigenvalue weighted by atomic mass is 19.2. The third kappa shape index (κ3) is 2.01. The predicted molar refractivity (Wildman–Crippen MR) is 74.8 cm³/mol. The molecule has 112 valence electrons. The number of likely N-dealkylation sites (N-methyl/N-ethyl adjacent to an activating group) is 1. The Morgan fingerprint density at radius 3 is 2.52 bits per heavy atom. The van der Waals surface area contributed by atoms with Gasteiger partial charge in [-0.15, -0.1) is 9.60 Å². The van der Waals surface area contributed by atoms with Gasteiger partial charge in [0.15, 0.2) is 0 Å². The summed E-state index contributed by atoms with van der Waals surface area (Å²) in [6.45, 7) is 1.89. The summed E-state index contributed by atoms with van der Waals surface area (Å²) in [5.74, 6) is -0.300. The SMILES string of the molecule is CC1C[C@@]2(CN1F)C(=O)N(Cc1ccccc1)C(=O)N2C. The number of rotatable bonds is 2. The van der Waals surface area contributed by atoms with E-state index >= 15 is 0 Å². The van der Waals surface area contributed by atoms with E-state index in [1.54, 1.807) is 14.0 Å². The van der Waals surface area contributed by atoms with Crippen LogP contribution >= 0.6 is 0 Å². The number of imide groups is 1. The van der Waals surface area contributed by atoms with Gasteiger partial charge in [0.05, 0.1) is 13.1 Å². The molecule has 0 aliphatic carbocycles. The van der Waals surface area contributed by atoms with Gasteiger partial charge in [-0.3, -0.25) is 9.69 Å². The molecule has 5 nitrogen and oxygen atoms in total. The molecule has 2 saturated heterocycles. The second-order valence-electron chi connectivity index (χ2n) is 5.86. The van der Waals surface area contributed by atoms with Gasteiger partial charge in [-0.05, 0) is 18.9 Å². The van der Waals surface area contributed by atoms with E-state index in [0.29, 0.717) is 11.5 Å². The lowest BCUT2D eigenvalue weighted by atomic mass is 9.95. The van der Waals surface area contributed by atoms with Crippen molar-refractivity contribution >= 4 is 11.9 Å². The molecule has 2 aliphatic heterocycles. The van der Waals surface area contributed by atoms with Gasteiger partial charge in [0, 0.05) is 13.1 Å². The van der Waals surface area contributed by atoms with Gasteiger partial charge in [0.1, 0.15) is 5.54 Å². The van der Waals surface area contributed by atoms with Crippen LogP contribution in [0.1, 0.15) is 18.9 Å². The van der Waals surface area contributed by atoms with Crippen molar-refractivity contribution in [3.63, 3.8) is 0 Å². The Bertz CT molecular complexity index is 568. The molecule has 2 atom stereocenters. The summed E-state index contributed by atoms with van der Waals surface area (Å²) in [4.78, 5) is 27.7. The van der Waals surface area contributed by atoms with Gasteiger partial charge in [-0.25, -0.2) is 4.79 Å². The number of halogens is 1. The Kier molecular flexibility index (Phi) is 3.20. The van der Waals surface area contributed by atoms with Crippen molar-refractivity contribution in [2.75, 3.05) is 13.6 Å². The number of carbonyl (C=O) groups is 2. The average Bonchev–Trinajstić information content (AvgIpc) is 2.87. The van der Waals surface area contributed by atoms with E-state index < -0.39 is 5.54 Å². The Hall–Kier alpha value is -1.95. The molecule has 1 aromatic rings. The Labute approximate surface area is 122 Å². The van der Waals surface area contributed by atoms with Crippen LogP contribution in [0, 0.1) is 0 Å². The van der Waals surface area contributed by atoms with Crippen LogP contribution in [0.25, 0.3) is 0 Å². The first-order valence-corrected chi connectivity index (χ1v) is 7.02. The van der Waals surface area contributed by atoms with Gasteiger partial charge in [-0.1, -0.05) is 30.3 Å². The molecule has 2 fully saturated rings. The maximum absolute atomic E-state index is 13.8. The van der Waals surface area contributed by atoms with Gasteiger partial charge in [-0.2, -0.15) is 0 Å². The van der Waals surface area contributed by atoms with Crippen molar-refractivity contribution in [1.29, 1.82) is 0 Å². The van der Waals surface area contributed by atoms with E-state index in [4.69, 9.17) is 0 Å². The zero-order valence-corrected chi connectivity index (χ0v) is 12.1. The third-order valence-corrected chi connectivity index (χ3v) is 4.51. The van der Waals surface area contributed by atoms with Crippen molar-refractivity contribution < 1.29 is 14.1 Å². The fourth-order valence-electron chi connectivity index (χ4n) is 3.21. The summed E-state index contributed by atoms with van der Waals surface area (Å²) in [6, 6.07) is 8.62. The first kappa shape index (κ1) is 14.0. The standard InChI is InChI=1S/C15H18FN3O2/c1-11-8-15(10-19(11)16)13(20)18(14(21)17(15)2)9-12-6-4-3-5-7-12/h3-7,11H,8-10H2,1-2H3/t11?,15-/m1/s1. The molecule has 0 saturated carbocycles. The van der Waals surface area contributed by atoms with E-state index in [0.717, 1.165) is 5.56 Å². The molecule has 0 radical (unpaired) electrons. The lowest BCUT2D eigenvalue weighted by Crippen LogP contribution is -2.49. The van der Waals surface area contributed by atoms with Crippen LogP contribution in [-0.4, -0.2) is 52.0 Å². The van der Waals surface area contributed by atoms with Crippen molar-refractivity contribution in [3.05, 3.63) is 35.9 Å². The van der Waals surface area contributed by atoms with Crippen molar-refractivity contribution in [1.82, 2.24) is 14.9 Å². The fourth-order valence-corrected chi connectivity index (χ4v) is 3.21. The van der Waals surface area contributed by atoms with E-state index in [2.05, 4.69) is 0 Å². The highest BCUT2D eigenvalue weighted by molar-refractivity contribution is 6.07. The molecule has 0 N–H and O–H groups in total. The summed E-state index contributed by atoms with van der Waals surface area (Å²) < 4.78 is 13.8. The van der Waals surface area contributed by atoms with E-state index in [9.17, 15) is 14.1 Å². The van der Waals surface area contributed by atoms with Crippen LogP contribution < -0.4 is 0 Å². The normalized spacial score (nSPS) is 30.0. The second-order valence-corrected chi connectivity index (χ2v) is 5.86. The quantitative estimate of drug-likeness (QED) is 0.616. The topological polar surface area (TPSA) is 43.9 Å². The van der Waals surface area contributed by atoms with Crippen molar-refractivity contribution in [2.24, 2.45) is 0 Å². The second kappa shape index (κ2) is 4.80. The van der Waals surface area contributed by atoms with Crippen LogP contribution in [0.5, 0.6) is 0 Å². The lowest BCUT2D eigenvalue weighted by molar-refractivity contribution is -0.133. The maximum atomic E-state index is 13.8. The first-order chi connectivity index (χ1) is 9.95. The van der Waals surface area contributed by atoms with Crippen LogP contribution in [0.3, 0.4) is 0 Å². The summed E-state index contributed by atoms with van der Waals surface area (Å²) in [5.41, 5.74) is -0.173. The number of carbonyl (C=O) groups excluding carboxylic acids is 2. The van der Waals surface area contributed by atoms with E-state index in [1.165, 1.54) is 9.80 Å². The van der Waals surface area contributed by atoms with Gasteiger partial charge in [0.2, 0.25) is 0 Å². The third-order valence-electron chi connectivity index (χ3n) is 4.51.